The number of carbonyl (C=O) groups excluding carboxylic acids is 1. The average Bonchev–Trinajstić information content (AvgIpc) is 2.46. The number of esters is 1. The number of hydrogen-bond donors (Lipinski definition) is 1. The molecule has 1 fully saturated rings. The standard InChI is InChI=1S/C13H17NO4/c1-16-11-4-2-3-10(7-11)8-18-13(15)12-9-17-6-5-14-12/h2-4,7,12,14H,5-6,8-9H2,1H3. The van der Waals surface area contributed by atoms with Gasteiger partial charge in [-0.3, -0.25) is 4.79 Å². The summed E-state index contributed by atoms with van der Waals surface area (Å²) in [5.74, 6) is 0.472. The molecule has 1 atom stereocenters. The number of ether oxygens (including phenoxy) is 3. The Morgan fingerprint density at radius 3 is 3.17 bits per heavy atom. The van der Waals surface area contributed by atoms with Gasteiger partial charge >= 0.3 is 5.97 Å². The van der Waals surface area contributed by atoms with Crippen LogP contribution >= 0.6 is 0 Å². The van der Waals surface area contributed by atoms with Crippen LogP contribution in [-0.2, 0) is 20.9 Å². The summed E-state index contributed by atoms with van der Waals surface area (Å²) in [7, 11) is 1.61. The Bertz CT molecular complexity index is 402. The Labute approximate surface area is 106 Å². The Hall–Kier alpha value is -1.59. The van der Waals surface area contributed by atoms with Crippen molar-refractivity contribution in [3.8, 4) is 5.75 Å². The molecule has 18 heavy (non-hydrogen) atoms. The van der Waals surface area contributed by atoms with Crippen LogP contribution < -0.4 is 10.1 Å². The van der Waals surface area contributed by atoms with Gasteiger partial charge < -0.3 is 19.5 Å². The summed E-state index contributed by atoms with van der Waals surface area (Å²) in [6.07, 6.45) is 0. The molecular formula is C13H17NO4. The molecule has 0 saturated carbocycles. The van der Waals surface area contributed by atoms with Gasteiger partial charge in [-0.05, 0) is 17.7 Å². The molecule has 1 saturated heterocycles. The van der Waals surface area contributed by atoms with Gasteiger partial charge in [-0.25, -0.2) is 0 Å². The van der Waals surface area contributed by atoms with E-state index in [9.17, 15) is 4.79 Å². The highest BCUT2D eigenvalue weighted by atomic mass is 16.5. The SMILES string of the molecule is COc1cccc(COC(=O)C2COCCN2)c1. The monoisotopic (exact) mass is 251 g/mol. The summed E-state index contributed by atoms with van der Waals surface area (Å²) in [5, 5.41) is 3.05. The first-order chi connectivity index (χ1) is 8.79. The fourth-order valence-corrected chi connectivity index (χ4v) is 1.73. The van der Waals surface area contributed by atoms with Crippen molar-refractivity contribution in [1.82, 2.24) is 5.32 Å². The van der Waals surface area contributed by atoms with E-state index in [0.29, 0.717) is 19.8 Å². The highest BCUT2D eigenvalue weighted by Crippen LogP contribution is 2.13. The van der Waals surface area contributed by atoms with Crippen molar-refractivity contribution in [3.05, 3.63) is 29.8 Å². The van der Waals surface area contributed by atoms with E-state index in [-0.39, 0.29) is 18.6 Å². The number of benzene rings is 1. The van der Waals surface area contributed by atoms with E-state index in [2.05, 4.69) is 5.32 Å². The molecule has 0 aliphatic carbocycles. The molecule has 1 aliphatic heterocycles. The molecule has 0 amide bonds. The maximum Gasteiger partial charge on any atom is 0.325 e. The van der Waals surface area contributed by atoms with Gasteiger partial charge in [0, 0.05) is 6.54 Å². The maximum atomic E-state index is 11.7. The van der Waals surface area contributed by atoms with E-state index >= 15 is 0 Å². The first-order valence-electron chi connectivity index (χ1n) is 5.90. The van der Waals surface area contributed by atoms with Gasteiger partial charge in [0.25, 0.3) is 0 Å². The zero-order valence-electron chi connectivity index (χ0n) is 10.3. The third kappa shape index (κ3) is 3.45. The van der Waals surface area contributed by atoms with Crippen LogP contribution in [0.2, 0.25) is 0 Å². The van der Waals surface area contributed by atoms with Crippen LogP contribution in [-0.4, -0.2) is 38.9 Å². The normalized spacial score (nSPS) is 19.3. The first-order valence-corrected chi connectivity index (χ1v) is 5.90. The van der Waals surface area contributed by atoms with Crippen LogP contribution in [0.1, 0.15) is 5.56 Å². The molecule has 5 nitrogen and oxygen atoms in total. The molecule has 0 bridgehead atoms. The number of hydrogen-bond acceptors (Lipinski definition) is 5. The largest absolute Gasteiger partial charge is 0.497 e. The molecule has 0 spiro atoms. The molecule has 1 unspecified atom stereocenters. The van der Waals surface area contributed by atoms with E-state index < -0.39 is 0 Å². The van der Waals surface area contributed by atoms with Crippen molar-refractivity contribution in [3.63, 3.8) is 0 Å². The zero-order chi connectivity index (χ0) is 12.8. The predicted molar refractivity (Wildman–Crippen MR) is 65.4 cm³/mol. The van der Waals surface area contributed by atoms with Crippen molar-refractivity contribution in [2.24, 2.45) is 0 Å². The number of carbonyl (C=O) groups is 1. The Morgan fingerprint density at radius 1 is 1.56 bits per heavy atom. The molecule has 2 rings (SSSR count). The Balaban J connectivity index is 1.84. The third-order valence-corrected chi connectivity index (χ3v) is 2.72. The summed E-state index contributed by atoms with van der Waals surface area (Å²) in [6.45, 7) is 1.93. The predicted octanol–water partition coefficient (Wildman–Crippen LogP) is 0.727. The molecule has 1 aliphatic rings. The molecular weight excluding hydrogens is 234 g/mol. The van der Waals surface area contributed by atoms with Gasteiger partial charge in [0.2, 0.25) is 0 Å². The van der Waals surface area contributed by atoms with Crippen molar-refractivity contribution >= 4 is 5.97 Å². The minimum Gasteiger partial charge on any atom is -0.497 e. The minimum absolute atomic E-state index is 0.244. The summed E-state index contributed by atoms with van der Waals surface area (Å²) < 4.78 is 15.5. The first kappa shape index (κ1) is 12.9. The second kappa shape index (κ2) is 6.37. The van der Waals surface area contributed by atoms with Gasteiger partial charge in [0.1, 0.15) is 18.4 Å². The molecule has 1 aromatic carbocycles. The lowest BCUT2D eigenvalue weighted by Gasteiger charge is -2.22. The van der Waals surface area contributed by atoms with E-state index in [1.807, 2.05) is 24.3 Å². The van der Waals surface area contributed by atoms with Gasteiger partial charge in [0.15, 0.2) is 0 Å². The minimum atomic E-state index is -0.357. The summed E-state index contributed by atoms with van der Waals surface area (Å²) in [5.41, 5.74) is 0.902. The van der Waals surface area contributed by atoms with Gasteiger partial charge in [-0.2, -0.15) is 0 Å². The molecule has 98 valence electrons. The maximum absolute atomic E-state index is 11.7. The topological polar surface area (TPSA) is 56.8 Å². The Kier molecular flexibility index (Phi) is 4.55. The van der Waals surface area contributed by atoms with Crippen molar-refractivity contribution in [1.29, 1.82) is 0 Å². The molecule has 1 N–H and O–H groups in total. The lowest BCUT2D eigenvalue weighted by molar-refractivity contribution is -0.150. The smallest absolute Gasteiger partial charge is 0.325 e. The van der Waals surface area contributed by atoms with Gasteiger partial charge in [-0.1, -0.05) is 12.1 Å². The fraction of sp³-hybridized carbons (Fsp3) is 0.462. The third-order valence-electron chi connectivity index (χ3n) is 2.72. The van der Waals surface area contributed by atoms with Crippen molar-refractivity contribution in [2.75, 3.05) is 26.9 Å². The lowest BCUT2D eigenvalue weighted by Crippen LogP contribution is -2.47. The van der Waals surface area contributed by atoms with Crippen LogP contribution in [0.4, 0.5) is 0 Å². The fourth-order valence-electron chi connectivity index (χ4n) is 1.73. The molecule has 0 radical (unpaired) electrons. The highest BCUT2D eigenvalue weighted by Gasteiger charge is 2.22. The van der Waals surface area contributed by atoms with E-state index in [1.54, 1.807) is 7.11 Å². The summed E-state index contributed by atoms with van der Waals surface area (Å²) >= 11 is 0. The number of nitrogens with one attached hydrogen (secondary N) is 1. The van der Waals surface area contributed by atoms with E-state index in [0.717, 1.165) is 11.3 Å². The number of methoxy groups -OCH3 is 1. The number of morpholine rings is 1. The zero-order valence-corrected chi connectivity index (χ0v) is 10.3. The van der Waals surface area contributed by atoms with Gasteiger partial charge in [0.05, 0.1) is 20.3 Å². The molecule has 0 aromatic heterocycles. The second-order valence-electron chi connectivity index (χ2n) is 4.04. The van der Waals surface area contributed by atoms with Crippen molar-refractivity contribution in [2.45, 2.75) is 12.6 Å². The second-order valence-corrected chi connectivity index (χ2v) is 4.04. The van der Waals surface area contributed by atoms with Crippen LogP contribution in [0.5, 0.6) is 5.75 Å². The summed E-state index contributed by atoms with van der Waals surface area (Å²) in [4.78, 5) is 11.7. The Morgan fingerprint density at radius 2 is 2.44 bits per heavy atom. The van der Waals surface area contributed by atoms with Crippen LogP contribution in [0.3, 0.4) is 0 Å². The molecule has 5 heteroatoms. The highest BCUT2D eigenvalue weighted by molar-refractivity contribution is 5.76. The van der Waals surface area contributed by atoms with Gasteiger partial charge in [-0.15, -0.1) is 0 Å². The summed E-state index contributed by atoms with van der Waals surface area (Å²) in [6, 6.07) is 7.09. The number of rotatable bonds is 4. The average molecular weight is 251 g/mol. The lowest BCUT2D eigenvalue weighted by atomic mass is 10.2. The quantitative estimate of drug-likeness (QED) is 0.799. The molecule has 1 heterocycles. The van der Waals surface area contributed by atoms with Crippen LogP contribution in [0.25, 0.3) is 0 Å². The van der Waals surface area contributed by atoms with Crippen LogP contribution in [0.15, 0.2) is 24.3 Å². The van der Waals surface area contributed by atoms with E-state index in [1.165, 1.54) is 0 Å². The van der Waals surface area contributed by atoms with E-state index in [4.69, 9.17) is 14.2 Å². The van der Waals surface area contributed by atoms with Crippen molar-refractivity contribution < 1.29 is 19.0 Å². The van der Waals surface area contributed by atoms with Crippen LogP contribution in [0, 0.1) is 0 Å². The molecule has 1 aromatic rings.